The highest BCUT2D eigenvalue weighted by Crippen LogP contribution is 2.44. The number of likely N-dealkylation sites (tertiary alicyclic amines) is 1. The van der Waals surface area contributed by atoms with Gasteiger partial charge in [-0.15, -0.1) is 0 Å². The van der Waals surface area contributed by atoms with Gasteiger partial charge in [0.2, 0.25) is 0 Å². The summed E-state index contributed by atoms with van der Waals surface area (Å²) in [5, 5.41) is 3.85. The molecule has 138 valence electrons. The van der Waals surface area contributed by atoms with Gasteiger partial charge in [-0.2, -0.15) is 4.98 Å². The van der Waals surface area contributed by atoms with Crippen LogP contribution in [0.25, 0.3) is 0 Å². The normalized spacial score (nSPS) is 22.1. The zero-order valence-electron chi connectivity index (χ0n) is 15.4. The summed E-state index contributed by atoms with van der Waals surface area (Å²) in [5.74, 6) is 1.16. The van der Waals surface area contributed by atoms with Crippen molar-refractivity contribution in [2.24, 2.45) is 0 Å². The molecule has 1 atom stereocenters. The van der Waals surface area contributed by atoms with E-state index in [4.69, 9.17) is 9.26 Å². The molecule has 1 spiro atoms. The molecule has 0 bridgehead atoms. The number of rotatable bonds is 2. The van der Waals surface area contributed by atoms with Crippen molar-refractivity contribution >= 4 is 5.91 Å². The van der Waals surface area contributed by atoms with Gasteiger partial charge in [-0.1, -0.05) is 5.16 Å². The lowest BCUT2D eigenvalue weighted by Crippen LogP contribution is -2.46. The third-order valence-electron chi connectivity index (χ3n) is 5.57. The fraction of sp³-hybridized carbons (Fsp3) is 0.611. The molecule has 1 unspecified atom stereocenters. The number of carbonyl (C=O) groups excluding carboxylic acids is 1. The monoisotopic (exact) mass is 357 g/mol. The summed E-state index contributed by atoms with van der Waals surface area (Å²) in [6, 6.07) is 0. The molecule has 2 fully saturated rings. The van der Waals surface area contributed by atoms with Gasteiger partial charge < -0.3 is 14.2 Å². The predicted molar refractivity (Wildman–Crippen MR) is 91.5 cm³/mol. The minimum absolute atomic E-state index is 0.0232. The summed E-state index contributed by atoms with van der Waals surface area (Å²) in [6.07, 6.45) is 4.77. The lowest BCUT2D eigenvalue weighted by molar-refractivity contribution is -0.0821. The number of aryl methyl sites for hydroxylation is 2. The molecular formula is C18H23N5O3. The van der Waals surface area contributed by atoms with Gasteiger partial charge in [-0.3, -0.25) is 4.79 Å². The second-order valence-electron chi connectivity index (χ2n) is 7.23. The molecular weight excluding hydrogens is 334 g/mol. The molecule has 2 aliphatic heterocycles. The van der Waals surface area contributed by atoms with E-state index >= 15 is 0 Å². The van der Waals surface area contributed by atoms with Crippen molar-refractivity contribution in [1.82, 2.24) is 25.0 Å². The van der Waals surface area contributed by atoms with Crippen molar-refractivity contribution in [2.45, 2.75) is 58.2 Å². The van der Waals surface area contributed by atoms with E-state index in [1.54, 1.807) is 6.92 Å². The van der Waals surface area contributed by atoms with E-state index in [1.807, 2.05) is 18.7 Å². The van der Waals surface area contributed by atoms with Crippen molar-refractivity contribution in [3.05, 3.63) is 35.0 Å². The van der Waals surface area contributed by atoms with E-state index in [1.165, 1.54) is 6.33 Å². The molecule has 0 aromatic carbocycles. The number of carbonyl (C=O) groups is 1. The van der Waals surface area contributed by atoms with Crippen LogP contribution in [-0.4, -0.2) is 49.6 Å². The van der Waals surface area contributed by atoms with Gasteiger partial charge in [0.05, 0.1) is 5.60 Å². The zero-order valence-corrected chi connectivity index (χ0v) is 15.4. The van der Waals surface area contributed by atoms with Crippen molar-refractivity contribution in [2.75, 3.05) is 13.1 Å². The zero-order chi connectivity index (χ0) is 18.3. The van der Waals surface area contributed by atoms with Crippen LogP contribution in [0.5, 0.6) is 0 Å². The summed E-state index contributed by atoms with van der Waals surface area (Å²) in [4.78, 5) is 27.3. The van der Waals surface area contributed by atoms with Crippen molar-refractivity contribution in [3.8, 4) is 0 Å². The van der Waals surface area contributed by atoms with E-state index < -0.39 is 0 Å². The molecule has 0 radical (unpaired) electrons. The van der Waals surface area contributed by atoms with E-state index in [9.17, 15) is 4.79 Å². The van der Waals surface area contributed by atoms with Gasteiger partial charge in [0, 0.05) is 24.3 Å². The number of aromatic nitrogens is 4. The first-order valence-corrected chi connectivity index (χ1v) is 9.03. The number of nitrogens with zero attached hydrogens (tertiary/aromatic N) is 5. The fourth-order valence-corrected chi connectivity index (χ4v) is 3.82. The van der Waals surface area contributed by atoms with Crippen LogP contribution in [0.3, 0.4) is 0 Å². The Hall–Kier alpha value is -2.35. The predicted octanol–water partition coefficient (Wildman–Crippen LogP) is 2.31. The maximum atomic E-state index is 12.8. The standard InChI is InChI=1S/C18H23N5O3/c1-11-12(2)19-10-20-15(11)17(24)23-8-6-18(7-9-23)5-4-14(25-18)16-21-13(3)22-26-16/h10,14H,4-9H2,1-3H3. The minimum Gasteiger partial charge on any atom is -0.362 e. The molecule has 2 aliphatic rings. The molecule has 4 rings (SSSR count). The highest BCUT2D eigenvalue weighted by atomic mass is 16.5. The maximum absolute atomic E-state index is 12.8. The van der Waals surface area contributed by atoms with Crippen molar-refractivity contribution in [1.29, 1.82) is 0 Å². The first-order chi connectivity index (χ1) is 12.5. The van der Waals surface area contributed by atoms with Crippen molar-refractivity contribution in [3.63, 3.8) is 0 Å². The highest BCUT2D eigenvalue weighted by Gasteiger charge is 2.45. The Bertz CT molecular complexity index is 826. The number of hydrogen-bond acceptors (Lipinski definition) is 7. The minimum atomic E-state index is -0.194. The number of ether oxygens (including phenoxy) is 1. The summed E-state index contributed by atoms with van der Waals surface area (Å²) in [5.41, 5.74) is 2.00. The number of amides is 1. The lowest BCUT2D eigenvalue weighted by Gasteiger charge is -2.39. The maximum Gasteiger partial charge on any atom is 0.272 e. The SMILES string of the molecule is Cc1noc(C2CCC3(CCN(C(=O)c4ncnc(C)c4C)CC3)O2)n1. The highest BCUT2D eigenvalue weighted by molar-refractivity contribution is 5.93. The lowest BCUT2D eigenvalue weighted by atomic mass is 9.88. The largest absolute Gasteiger partial charge is 0.362 e. The smallest absolute Gasteiger partial charge is 0.272 e. The second-order valence-corrected chi connectivity index (χ2v) is 7.23. The Morgan fingerprint density at radius 2 is 1.96 bits per heavy atom. The molecule has 2 saturated heterocycles. The van der Waals surface area contributed by atoms with Gasteiger partial charge in [-0.05, 0) is 46.5 Å². The third kappa shape index (κ3) is 2.98. The first kappa shape index (κ1) is 17.1. The summed E-state index contributed by atoms with van der Waals surface area (Å²) in [6.45, 7) is 6.92. The van der Waals surface area contributed by atoms with Crippen LogP contribution in [0.15, 0.2) is 10.9 Å². The second kappa shape index (κ2) is 6.42. The van der Waals surface area contributed by atoms with Crippen LogP contribution in [0.1, 0.15) is 65.2 Å². The molecule has 8 nitrogen and oxygen atoms in total. The fourth-order valence-electron chi connectivity index (χ4n) is 3.82. The van der Waals surface area contributed by atoms with Crippen LogP contribution >= 0.6 is 0 Å². The van der Waals surface area contributed by atoms with E-state index in [-0.39, 0.29) is 17.6 Å². The number of piperidine rings is 1. The third-order valence-corrected chi connectivity index (χ3v) is 5.57. The average molecular weight is 357 g/mol. The molecule has 0 N–H and O–H groups in total. The molecule has 2 aromatic heterocycles. The summed E-state index contributed by atoms with van der Waals surface area (Å²) < 4.78 is 11.6. The van der Waals surface area contributed by atoms with E-state index in [2.05, 4.69) is 20.1 Å². The Morgan fingerprint density at radius 1 is 1.19 bits per heavy atom. The van der Waals surface area contributed by atoms with E-state index in [0.29, 0.717) is 30.5 Å². The van der Waals surface area contributed by atoms with Gasteiger partial charge in [0.15, 0.2) is 5.82 Å². The molecule has 4 heterocycles. The van der Waals surface area contributed by atoms with Crippen LogP contribution in [0.2, 0.25) is 0 Å². The number of hydrogen-bond donors (Lipinski definition) is 0. The Balaban J connectivity index is 1.41. The van der Waals surface area contributed by atoms with Gasteiger partial charge >= 0.3 is 0 Å². The van der Waals surface area contributed by atoms with Gasteiger partial charge in [-0.25, -0.2) is 9.97 Å². The Kier molecular flexibility index (Phi) is 4.22. The summed E-state index contributed by atoms with van der Waals surface area (Å²) >= 11 is 0. The summed E-state index contributed by atoms with van der Waals surface area (Å²) in [7, 11) is 0. The van der Waals surface area contributed by atoms with Crippen LogP contribution in [-0.2, 0) is 4.74 Å². The topological polar surface area (TPSA) is 94.2 Å². The van der Waals surface area contributed by atoms with Crippen molar-refractivity contribution < 1.29 is 14.1 Å². The molecule has 8 heteroatoms. The molecule has 1 amide bonds. The van der Waals surface area contributed by atoms with Gasteiger partial charge in [0.1, 0.15) is 18.1 Å². The molecule has 0 saturated carbocycles. The van der Waals surface area contributed by atoms with Crippen LogP contribution in [0.4, 0.5) is 0 Å². The molecule has 0 aliphatic carbocycles. The van der Waals surface area contributed by atoms with Crippen LogP contribution < -0.4 is 0 Å². The Morgan fingerprint density at radius 3 is 2.65 bits per heavy atom. The first-order valence-electron chi connectivity index (χ1n) is 9.03. The van der Waals surface area contributed by atoms with E-state index in [0.717, 1.165) is 36.9 Å². The molecule has 26 heavy (non-hydrogen) atoms. The van der Waals surface area contributed by atoms with Crippen LogP contribution in [0, 0.1) is 20.8 Å². The van der Waals surface area contributed by atoms with Gasteiger partial charge in [0.25, 0.3) is 11.8 Å². The Labute approximate surface area is 152 Å². The average Bonchev–Trinajstić information content (AvgIpc) is 3.24. The molecule has 2 aromatic rings. The quantitative estimate of drug-likeness (QED) is 0.814.